The van der Waals surface area contributed by atoms with E-state index < -0.39 is 0 Å². The fourth-order valence-corrected chi connectivity index (χ4v) is 4.90. The van der Waals surface area contributed by atoms with E-state index in [2.05, 4.69) is 15.2 Å². The first-order valence-electron chi connectivity index (χ1n) is 9.70. The number of benzene rings is 1. The lowest BCUT2D eigenvalue weighted by molar-refractivity contribution is 0.533. The van der Waals surface area contributed by atoms with Gasteiger partial charge in [0.05, 0.1) is 11.2 Å². The van der Waals surface area contributed by atoms with Crippen molar-refractivity contribution < 1.29 is 8.81 Å². The fourth-order valence-electron chi connectivity index (χ4n) is 4.90. The van der Waals surface area contributed by atoms with E-state index in [1.54, 1.807) is 11.5 Å². The summed E-state index contributed by atoms with van der Waals surface area (Å²) in [6.07, 6.45) is 1.95. The summed E-state index contributed by atoms with van der Waals surface area (Å²) in [7, 11) is 0. The van der Waals surface area contributed by atoms with Gasteiger partial charge >= 0.3 is 0 Å². The molecule has 7 heteroatoms. The second-order valence-corrected chi connectivity index (χ2v) is 8.22. The Labute approximate surface area is 155 Å². The third-order valence-corrected chi connectivity index (χ3v) is 6.37. The van der Waals surface area contributed by atoms with Gasteiger partial charge in [-0.15, -0.1) is 0 Å². The van der Waals surface area contributed by atoms with Gasteiger partial charge < -0.3 is 19.2 Å². The summed E-state index contributed by atoms with van der Waals surface area (Å²) in [4.78, 5) is 19.4. The molecule has 1 saturated carbocycles. The quantitative estimate of drug-likeness (QED) is 0.753. The molecule has 0 spiro atoms. The van der Waals surface area contributed by atoms with Crippen molar-refractivity contribution in [1.29, 1.82) is 0 Å². The lowest BCUT2D eigenvalue weighted by atomic mass is 10.0. The SMILES string of the molecule is Cc1nc2c(=O)n(C3CC3)c3cc(N4CC5CNCC5C4)c(F)cc3c2o1. The van der Waals surface area contributed by atoms with Gasteiger partial charge in [-0.25, -0.2) is 9.37 Å². The molecule has 3 aliphatic rings. The minimum atomic E-state index is -0.258. The van der Waals surface area contributed by atoms with Crippen LogP contribution in [0.15, 0.2) is 21.3 Å². The average molecular weight is 368 g/mol. The topological polar surface area (TPSA) is 63.3 Å². The van der Waals surface area contributed by atoms with E-state index in [0.717, 1.165) is 44.5 Å². The third kappa shape index (κ3) is 2.21. The van der Waals surface area contributed by atoms with Crippen LogP contribution < -0.4 is 15.8 Å². The largest absolute Gasteiger partial charge is 0.440 e. The molecule has 2 saturated heterocycles. The van der Waals surface area contributed by atoms with Crippen molar-refractivity contribution >= 4 is 27.7 Å². The first kappa shape index (κ1) is 15.6. The molecule has 2 aromatic heterocycles. The molecular formula is C20H21FN4O2. The van der Waals surface area contributed by atoms with Crippen LogP contribution in [0.2, 0.25) is 0 Å². The number of anilines is 1. The van der Waals surface area contributed by atoms with Crippen LogP contribution in [0.3, 0.4) is 0 Å². The summed E-state index contributed by atoms with van der Waals surface area (Å²) >= 11 is 0. The maximum absolute atomic E-state index is 15.1. The number of halogens is 1. The molecule has 6 rings (SSSR count). The number of nitrogens with one attached hydrogen (secondary N) is 1. The van der Waals surface area contributed by atoms with Gasteiger partial charge in [0.15, 0.2) is 17.0 Å². The Morgan fingerprint density at radius 3 is 2.67 bits per heavy atom. The molecule has 2 unspecified atom stereocenters. The summed E-state index contributed by atoms with van der Waals surface area (Å²) in [5, 5.41) is 4.06. The number of nitrogens with zero attached hydrogens (tertiary/aromatic N) is 3. The molecule has 1 aliphatic carbocycles. The van der Waals surface area contributed by atoms with Crippen LogP contribution in [0, 0.1) is 24.6 Å². The average Bonchev–Trinajstić information content (AvgIpc) is 3.05. The summed E-state index contributed by atoms with van der Waals surface area (Å²) in [5.74, 6) is 1.32. The second-order valence-electron chi connectivity index (χ2n) is 8.22. The summed E-state index contributed by atoms with van der Waals surface area (Å²) in [6.45, 7) is 5.44. The van der Waals surface area contributed by atoms with Crippen molar-refractivity contribution in [2.45, 2.75) is 25.8 Å². The monoisotopic (exact) mass is 368 g/mol. The van der Waals surface area contributed by atoms with Crippen molar-refractivity contribution in [2.75, 3.05) is 31.1 Å². The van der Waals surface area contributed by atoms with Crippen molar-refractivity contribution in [1.82, 2.24) is 14.9 Å². The van der Waals surface area contributed by atoms with Gasteiger partial charge in [0.25, 0.3) is 5.56 Å². The number of hydrogen-bond acceptors (Lipinski definition) is 5. The van der Waals surface area contributed by atoms with Crippen molar-refractivity contribution in [3.63, 3.8) is 0 Å². The van der Waals surface area contributed by atoms with Crippen LogP contribution in [0.5, 0.6) is 0 Å². The molecule has 3 fully saturated rings. The third-order valence-electron chi connectivity index (χ3n) is 6.37. The van der Waals surface area contributed by atoms with Crippen LogP contribution in [-0.2, 0) is 0 Å². The van der Waals surface area contributed by atoms with Gasteiger partial charge in [-0.1, -0.05) is 0 Å². The van der Waals surface area contributed by atoms with Gasteiger partial charge in [-0.3, -0.25) is 4.79 Å². The van der Waals surface area contributed by atoms with E-state index in [4.69, 9.17) is 4.42 Å². The highest BCUT2D eigenvalue weighted by molar-refractivity contribution is 6.02. The number of aryl methyl sites for hydroxylation is 1. The molecule has 140 valence electrons. The first-order valence-corrected chi connectivity index (χ1v) is 9.70. The number of pyridine rings is 1. The molecule has 6 nitrogen and oxygen atoms in total. The van der Waals surface area contributed by atoms with E-state index in [0.29, 0.717) is 39.9 Å². The Bertz CT molecular complexity index is 1130. The molecule has 3 aromatic rings. The first-order chi connectivity index (χ1) is 13.1. The van der Waals surface area contributed by atoms with Crippen LogP contribution in [0.4, 0.5) is 10.1 Å². The Morgan fingerprint density at radius 2 is 1.96 bits per heavy atom. The van der Waals surface area contributed by atoms with E-state index in [-0.39, 0.29) is 17.4 Å². The lowest BCUT2D eigenvalue weighted by Gasteiger charge is -2.22. The summed E-state index contributed by atoms with van der Waals surface area (Å²) in [5.41, 5.74) is 1.94. The molecule has 4 heterocycles. The van der Waals surface area contributed by atoms with E-state index in [1.807, 2.05) is 6.07 Å². The smallest absolute Gasteiger partial charge is 0.281 e. The number of aromatic nitrogens is 2. The molecule has 1 N–H and O–H groups in total. The zero-order valence-electron chi connectivity index (χ0n) is 15.2. The molecule has 1 aromatic carbocycles. The van der Waals surface area contributed by atoms with Gasteiger partial charge in [-0.05, 0) is 36.8 Å². The van der Waals surface area contributed by atoms with E-state index in [1.165, 1.54) is 6.07 Å². The van der Waals surface area contributed by atoms with E-state index >= 15 is 4.39 Å². The number of oxazole rings is 1. The highest BCUT2D eigenvalue weighted by Crippen LogP contribution is 2.40. The Morgan fingerprint density at radius 1 is 1.22 bits per heavy atom. The second kappa shape index (κ2) is 5.32. The highest BCUT2D eigenvalue weighted by Gasteiger charge is 2.37. The van der Waals surface area contributed by atoms with Crippen LogP contribution in [-0.4, -0.2) is 35.7 Å². The number of rotatable bonds is 2. The van der Waals surface area contributed by atoms with Crippen molar-refractivity contribution in [2.24, 2.45) is 11.8 Å². The minimum Gasteiger partial charge on any atom is -0.440 e. The fraction of sp³-hybridized carbons (Fsp3) is 0.500. The van der Waals surface area contributed by atoms with Crippen molar-refractivity contribution in [3.05, 3.63) is 34.2 Å². The number of hydrogen-bond donors (Lipinski definition) is 1. The van der Waals surface area contributed by atoms with Gasteiger partial charge in [-0.2, -0.15) is 0 Å². The number of fused-ring (bicyclic) bond motifs is 4. The van der Waals surface area contributed by atoms with Crippen LogP contribution in [0.1, 0.15) is 24.8 Å². The predicted octanol–water partition coefficient (Wildman–Crippen LogP) is 2.58. The molecule has 27 heavy (non-hydrogen) atoms. The zero-order chi connectivity index (χ0) is 18.3. The molecule has 2 aliphatic heterocycles. The molecule has 0 radical (unpaired) electrons. The Kier molecular flexibility index (Phi) is 3.08. The Balaban J connectivity index is 1.59. The maximum Gasteiger partial charge on any atom is 0.281 e. The highest BCUT2D eigenvalue weighted by atomic mass is 19.1. The van der Waals surface area contributed by atoms with Gasteiger partial charge in [0, 0.05) is 44.5 Å². The maximum atomic E-state index is 15.1. The molecule has 0 amide bonds. The summed E-state index contributed by atoms with van der Waals surface area (Å²) in [6, 6.07) is 3.57. The standard InChI is InChI=1S/C20H21FN4O2/c1-10-23-18-19(27-10)14-4-15(21)17(24-8-11-6-22-7-12(11)9-24)5-16(14)25(20(18)26)13-2-3-13/h4-5,11-13,22H,2-3,6-9H2,1H3. The Hall–Kier alpha value is -2.41. The normalized spacial score (nSPS) is 25.0. The van der Waals surface area contributed by atoms with Gasteiger partial charge in [0.1, 0.15) is 5.82 Å². The predicted molar refractivity (Wildman–Crippen MR) is 101 cm³/mol. The summed E-state index contributed by atoms with van der Waals surface area (Å²) < 4.78 is 22.6. The molecule has 2 atom stereocenters. The van der Waals surface area contributed by atoms with Crippen LogP contribution >= 0.6 is 0 Å². The van der Waals surface area contributed by atoms with Crippen molar-refractivity contribution in [3.8, 4) is 0 Å². The lowest BCUT2D eigenvalue weighted by Crippen LogP contribution is -2.26. The van der Waals surface area contributed by atoms with Gasteiger partial charge in [0.2, 0.25) is 0 Å². The minimum absolute atomic E-state index is 0.128. The zero-order valence-corrected chi connectivity index (χ0v) is 15.2. The van der Waals surface area contributed by atoms with Crippen LogP contribution in [0.25, 0.3) is 22.0 Å². The molecular weight excluding hydrogens is 347 g/mol. The molecule has 0 bridgehead atoms. The van der Waals surface area contributed by atoms with E-state index in [9.17, 15) is 4.79 Å².